The standard InChI is InChI=1S/C21H30N4O4S/c1-15-4-10-18(11-5-15)30(28,29)25-13-12-22-21(27)19(25)14-20(26)23-16-6-8-17(9-7-16)24(2)3/h4-5,10-13,16-17,19H,6-9,14H2,1-3H3,(H,22,27)(H,23,26)/t16-,17-,19-/m1/s1. The molecule has 2 aliphatic rings. The Balaban J connectivity index is 1.68. The number of amides is 2. The van der Waals surface area contributed by atoms with Crippen LogP contribution in [0.25, 0.3) is 0 Å². The summed E-state index contributed by atoms with van der Waals surface area (Å²) in [5.41, 5.74) is 0.931. The van der Waals surface area contributed by atoms with Gasteiger partial charge in [0.05, 0.1) is 11.3 Å². The third-order valence-corrected chi connectivity index (χ3v) is 7.62. The maximum absolute atomic E-state index is 13.1. The zero-order valence-electron chi connectivity index (χ0n) is 17.7. The average Bonchev–Trinajstić information content (AvgIpc) is 2.70. The van der Waals surface area contributed by atoms with Crippen LogP contribution in [0.5, 0.6) is 0 Å². The number of benzene rings is 1. The predicted octanol–water partition coefficient (Wildman–Crippen LogP) is 1.33. The van der Waals surface area contributed by atoms with Crippen LogP contribution in [0.1, 0.15) is 37.7 Å². The van der Waals surface area contributed by atoms with Crippen LogP contribution in [0.4, 0.5) is 0 Å². The first-order valence-electron chi connectivity index (χ1n) is 10.2. The number of carbonyl (C=O) groups excluding carboxylic acids is 2. The molecule has 3 rings (SSSR count). The molecule has 1 aliphatic carbocycles. The molecule has 2 N–H and O–H groups in total. The highest BCUT2D eigenvalue weighted by Crippen LogP contribution is 2.24. The van der Waals surface area contributed by atoms with Crippen molar-refractivity contribution in [3.63, 3.8) is 0 Å². The smallest absolute Gasteiger partial charge is 0.264 e. The second-order valence-electron chi connectivity index (χ2n) is 8.23. The van der Waals surface area contributed by atoms with Gasteiger partial charge in [0.2, 0.25) is 11.8 Å². The normalized spacial score (nSPS) is 24.6. The zero-order chi connectivity index (χ0) is 21.9. The molecule has 1 aliphatic heterocycles. The van der Waals surface area contributed by atoms with Crippen LogP contribution in [-0.2, 0) is 19.6 Å². The maximum atomic E-state index is 13.1. The van der Waals surface area contributed by atoms with Crippen LogP contribution < -0.4 is 10.6 Å². The third-order valence-electron chi connectivity index (χ3n) is 5.82. The number of hydrogen-bond donors (Lipinski definition) is 2. The lowest BCUT2D eigenvalue weighted by Gasteiger charge is -2.34. The Labute approximate surface area is 178 Å². The number of nitrogens with zero attached hydrogens (tertiary/aromatic N) is 2. The van der Waals surface area contributed by atoms with Crippen LogP contribution >= 0.6 is 0 Å². The molecule has 1 fully saturated rings. The summed E-state index contributed by atoms with van der Waals surface area (Å²) in [5, 5.41) is 5.49. The molecular formula is C21H30N4O4S. The van der Waals surface area contributed by atoms with Gasteiger partial charge in [-0.3, -0.25) is 13.9 Å². The Kier molecular flexibility index (Phi) is 6.82. The fourth-order valence-corrected chi connectivity index (χ4v) is 5.42. The van der Waals surface area contributed by atoms with E-state index in [0.717, 1.165) is 35.6 Å². The largest absolute Gasteiger partial charge is 0.353 e. The number of rotatable bonds is 6. The van der Waals surface area contributed by atoms with Gasteiger partial charge in [-0.25, -0.2) is 8.42 Å². The van der Waals surface area contributed by atoms with E-state index in [1.807, 2.05) is 6.92 Å². The fraction of sp³-hybridized carbons (Fsp3) is 0.524. The van der Waals surface area contributed by atoms with Gasteiger partial charge in [-0.1, -0.05) is 17.7 Å². The first kappa shape index (κ1) is 22.3. The molecule has 0 spiro atoms. The topological polar surface area (TPSA) is 98.8 Å². The number of nitrogens with one attached hydrogen (secondary N) is 2. The molecule has 1 aromatic rings. The molecule has 8 nitrogen and oxygen atoms in total. The second kappa shape index (κ2) is 9.18. The van der Waals surface area contributed by atoms with E-state index < -0.39 is 22.0 Å². The summed E-state index contributed by atoms with van der Waals surface area (Å²) in [6, 6.07) is 5.86. The van der Waals surface area contributed by atoms with Crippen LogP contribution in [0.3, 0.4) is 0 Å². The molecular weight excluding hydrogens is 404 g/mol. The van der Waals surface area contributed by atoms with Gasteiger partial charge in [0, 0.05) is 24.5 Å². The van der Waals surface area contributed by atoms with E-state index >= 15 is 0 Å². The highest BCUT2D eigenvalue weighted by Gasteiger charge is 2.37. The Hall–Kier alpha value is -2.39. The lowest BCUT2D eigenvalue weighted by Crippen LogP contribution is -2.52. The molecule has 0 radical (unpaired) electrons. The predicted molar refractivity (Wildman–Crippen MR) is 114 cm³/mol. The summed E-state index contributed by atoms with van der Waals surface area (Å²) in [7, 11) is 0.159. The van der Waals surface area contributed by atoms with Gasteiger partial charge < -0.3 is 15.5 Å². The Morgan fingerprint density at radius 2 is 1.80 bits per heavy atom. The van der Waals surface area contributed by atoms with Gasteiger partial charge in [-0.2, -0.15) is 0 Å². The van der Waals surface area contributed by atoms with Gasteiger partial charge in [0.1, 0.15) is 6.04 Å². The Morgan fingerprint density at radius 1 is 1.17 bits per heavy atom. The van der Waals surface area contributed by atoms with Crippen molar-refractivity contribution >= 4 is 21.8 Å². The number of hydrogen-bond acceptors (Lipinski definition) is 5. The van der Waals surface area contributed by atoms with Crippen molar-refractivity contribution < 1.29 is 18.0 Å². The van der Waals surface area contributed by atoms with Gasteiger partial charge in [-0.15, -0.1) is 0 Å². The monoisotopic (exact) mass is 434 g/mol. The van der Waals surface area contributed by atoms with Crippen LogP contribution in [-0.4, -0.2) is 61.7 Å². The van der Waals surface area contributed by atoms with Gasteiger partial charge in [-0.05, 0) is 58.8 Å². The van der Waals surface area contributed by atoms with Crippen LogP contribution in [0, 0.1) is 6.92 Å². The van der Waals surface area contributed by atoms with E-state index in [9.17, 15) is 18.0 Å². The van der Waals surface area contributed by atoms with Crippen molar-refractivity contribution in [2.45, 2.75) is 62.0 Å². The molecule has 1 atom stereocenters. The highest BCUT2D eigenvalue weighted by atomic mass is 32.2. The molecule has 1 heterocycles. The molecule has 1 aromatic carbocycles. The van der Waals surface area contributed by atoms with E-state index in [-0.39, 0.29) is 23.3 Å². The van der Waals surface area contributed by atoms with Gasteiger partial charge in [0.15, 0.2) is 0 Å². The Morgan fingerprint density at radius 3 is 2.40 bits per heavy atom. The van der Waals surface area contributed by atoms with Crippen LogP contribution in [0.15, 0.2) is 41.6 Å². The van der Waals surface area contributed by atoms with Crippen molar-refractivity contribution in [1.29, 1.82) is 0 Å². The highest BCUT2D eigenvalue weighted by molar-refractivity contribution is 7.89. The van der Waals surface area contributed by atoms with Crippen molar-refractivity contribution in [2.75, 3.05) is 14.1 Å². The average molecular weight is 435 g/mol. The molecule has 0 unspecified atom stereocenters. The lowest BCUT2D eigenvalue weighted by molar-refractivity contribution is -0.130. The quantitative estimate of drug-likeness (QED) is 0.704. The molecule has 0 aromatic heterocycles. The van der Waals surface area contributed by atoms with Crippen molar-refractivity contribution in [1.82, 2.24) is 19.8 Å². The second-order valence-corrected chi connectivity index (χ2v) is 10.1. The van der Waals surface area contributed by atoms with E-state index in [4.69, 9.17) is 0 Å². The molecule has 2 amide bonds. The van der Waals surface area contributed by atoms with E-state index in [0.29, 0.717) is 6.04 Å². The molecule has 30 heavy (non-hydrogen) atoms. The zero-order valence-corrected chi connectivity index (χ0v) is 18.5. The number of carbonyl (C=O) groups is 2. The summed E-state index contributed by atoms with van der Waals surface area (Å²) in [6.45, 7) is 1.86. The van der Waals surface area contributed by atoms with E-state index in [2.05, 4.69) is 29.6 Å². The van der Waals surface area contributed by atoms with Gasteiger partial charge >= 0.3 is 0 Å². The summed E-state index contributed by atoms with van der Waals surface area (Å²) in [5.74, 6) is -0.831. The first-order valence-corrected chi connectivity index (χ1v) is 11.7. The van der Waals surface area contributed by atoms with E-state index in [1.165, 1.54) is 24.5 Å². The summed E-state index contributed by atoms with van der Waals surface area (Å²) < 4.78 is 27.2. The first-order chi connectivity index (χ1) is 14.2. The van der Waals surface area contributed by atoms with Gasteiger partial charge in [0.25, 0.3) is 10.0 Å². The molecule has 0 saturated heterocycles. The summed E-state index contributed by atoms with van der Waals surface area (Å²) in [4.78, 5) is 27.4. The number of sulfonamides is 1. The molecule has 0 bridgehead atoms. The fourth-order valence-electron chi connectivity index (χ4n) is 3.97. The summed E-state index contributed by atoms with van der Waals surface area (Å²) in [6.07, 6.45) is 6.10. The minimum absolute atomic E-state index is 0.0537. The minimum Gasteiger partial charge on any atom is -0.353 e. The van der Waals surface area contributed by atoms with Crippen molar-refractivity contribution in [3.05, 3.63) is 42.2 Å². The maximum Gasteiger partial charge on any atom is 0.264 e. The third kappa shape index (κ3) is 5.02. The molecule has 9 heteroatoms. The minimum atomic E-state index is -3.96. The SMILES string of the molecule is Cc1ccc(S(=O)(=O)N2C=CNC(=O)[C@H]2CC(=O)N[C@H]2CC[C@H](N(C)C)CC2)cc1. The number of aryl methyl sites for hydroxylation is 1. The van der Waals surface area contributed by atoms with Crippen molar-refractivity contribution in [3.8, 4) is 0 Å². The molecule has 1 saturated carbocycles. The molecule has 164 valence electrons. The van der Waals surface area contributed by atoms with Crippen LogP contribution in [0.2, 0.25) is 0 Å². The van der Waals surface area contributed by atoms with E-state index in [1.54, 1.807) is 12.1 Å². The Bertz CT molecular complexity index is 903. The summed E-state index contributed by atoms with van der Waals surface area (Å²) >= 11 is 0. The lowest BCUT2D eigenvalue weighted by atomic mass is 9.90. The van der Waals surface area contributed by atoms with Crippen molar-refractivity contribution in [2.24, 2.45) is 0 Å².